The Kier molecular flexibility index (Phi) is 7.80. The van der Waals surface area contributed by atoms with Crippen molar-refractivity contribution in [3.05, 3.63) is 89.0 Å². The van der Waals surface area contributed by atoms with Crippen LogP contribution in [-0.2, 0) is 27.8 Å². The lowest BCUT2D eigenvalue weighted by molar-refractivity contribution is -0.127. The van der Waals surface area contributed by atoms with Crippen LogP contribution in [0.2, 0.25) is 0 Å². The minimum atomic E-state index is -3.56. The smallest absolute Gasteiger partial charge is 0.224 e. The highest BCUT2D eigenvalue weighted by Crippen LogP contribution is 2.43. The first-order chi connectivity index (χ1) is 17.9. The van der Waals surface area contributed by atoms with Crippen molar-refractivity contribution in [1.29, 1.82) is 0 Å². The largest absolute Gasteiger partial charge is 0.485 e. The summed E-state index contributed by atoms with van der Waals surface area (Å²) < 4.78 is 90.3. The molecule has 11 heteroatoms. The summed E-state index contributed by atoms with van der Waals surface area (Å²) in [5.41, 5.74) is 4.33. The van der Waals surface area contributed by atoms with Crippen molar-refractivity contribution in [3.63, 3.8) is 0 Å². The summed E-state index contributed by atoms with van der Waals surface area (Å²) in [6.07, 6.45) is 1.20. The maximum Gasteiger partial charge on any atom is 0.224 e. The normalized spacial score (nSPS) is 19.4. The number of carbonyl (C=O) groups is 1. The molecule has 0 radical (unpaired) electrons. The Balaban J connectivity index is 1.71. The maximum atomic E-state index is 15.0. The second-order valence-electron chi connectivity index (χ2n) is 9.61. The number of amides is 1. The van der Waals surface area contributed by atoms with Crippen LogP contribution in [-0.4, -0.2) is 26.6 Å². The monoisotopic (exact) mass is 550 g/mol. The number of nitrogens with one attached hydrogen (secondary N) is 1. The van der Waals surface area contributed by atoms with Gasteiger partial charge in [-0.05, 0) is 48.9 Å². The van der Waals surface area contributed by atoms with Gasteiger partial charge in [-0.25, -0.2) is 30.7 Å². The molecule has 0 saturated heterocycles. The first-order valence-electron chi connectivity index (χ1n) is 11.8. The summed E-state index contributed by atoms with van der Waals surface area (Å²) in [6.45, 7) is -0.0917. The zero-order chi connectivity index (χ0) is 27.7. The fraction of sp³-hybridized carbons (Fsp3) is 0.296. The fourth-order valence-electron chi connectivity index (χ4n) is 4.94. The number of carbonyl (C=O) groups excluding carboxylic acids is 1. The highest BCUT2D eigenvalue weighted by molar-refractivity contribution is 7.88. The predicted molar refractivity (Wildman–Crippen MR) is 133 cm³/mol. The van der Waals surface area contributed by atoms with Crippen molar-refractivity contribution >= 4 is 15.9 Å². The molecule has 1 fully saturated rings. The molecule has 3 aromatic carbocycles. The topological polar surface area (TPSA) is 98.5 Å². The van der Waals surface area contributed by atoms with Crippen LogP contribution in [0.15, 0.2) is 54.6 Å². The van der Waals surface area contributed by atoms with Crippen LogP contribution < -0.4 is 15.2 Å². The van der Waals surface area contributed by atoms with Crippen LogP contribution in [0.3, 0.4) is 0 Å². The summed E-state index contributed by atoms with van der Waals surface area (Å²) in [7, 11) is -3.56. The number of ether oxygens (including phenoxy) is 1. The Morgan fingerprint density at radius 1 is 1.03 bits per heavy atom. The maximum absolute atomic E-state index is 15.0. The van der Waals surface area contributed by atoms with E-state index in [1.54, 1.807) is 30.3 Å². The molecule has 202 valence electrons. The van der Waals surface area contributed by atoms with Gasteiger partial charge in [-0.15, -0.1) is 0 Å². The van der Waals surface area contributed by atoms with Gasteiger partial charge in [0.1, 0.15) is 24.1 Å². The minimum absolute atomic E-state index is 0.0155. The van der Waals surface area contributed by atoms with Gasteiger partial charge in [0.2, 0.25) is 15.9 Å². The van der Waals surface area contributed by atoms with E-state index in [4.69, 9.17) is 10.5 Å². The van der Waals surface area contributed by atoms with Crippen molar-refractivity contribution < 1.29 is 35.5 Å². The number of benzene rings is 3. The lowest BCUT2D eigenvalue weighted by Crippen LogP contribution is -2.40. The van der Waals surface area contributed by atoms with Crippen LogP contribution >= 0.6 is 0 Å². The molecule has 2 atom stereocenters. The number of halogens is 4. The number of hydrogen-bond donors (Lipinski definition) is 2. The van der Waals surface area contributed by atoms with Gasteiger partial charge < -0.3 is 10.5 Å². The Labute approximate surface area is 217 Å². The van der Waals surface area contributed by atoms with E-state index in [-0.39, 0.29) is 49.0 Å². The van der Waals surface area contributed by atoms with Crippen LogP contribution in [0.1, 0.15) is 30.4 Å². The molecule has 38 heavy (non-hydrogen) atoms. The van der Waals surface area contributed by atoms with Gasteiger partial charge in [0.05, 0.1) is 11.7 Å². The molecule has 1 aliphatic rings. The Hall–Kier alpha value is -3.44. The predicted octanol–water partition coefficient (Wildman–Crippen LogP) is 4.60. The average molecular weight is 551 g/mol. The third-order valence-corrected chi connectivity index (χ3v) is 7.46. The van der Waals surface area contributed by atoms with Crippen molar-refractivity contribution in [2.45, 2.75) is 38.3 Å². The number of hydrogen-bond acceptors (Lipinski definition) is 4. The Morgan fingerprint density at radius 3 is 2.39 bits per heavy atom. The lowest BCUT2D eigenvalue weighted by atomic mass is 9.78. The molecule has 1 amide bonds. The van der Waals surface area contributed by atoms with Crippen molar-refractivity contribution in [3.8, 4) is 16.9 Å². The average Bonchev–Trinajstić information content (AvgIpc) is 3.22. The van der Waals surface area contributed by atoms with Gasteiger partial charge in [0, 0.05) is 29.3 Å². The molecular formula is C27H26F4N2O4S. The molecule has 4 rings (SSSR count). The highest BCUT2D eigenvalue weighted by Gasteiger charge is 2.45. The van der Waals surface area contributed by atoms with E-state index in [1.807, 2.05) is 0 Å². The standard InChI is InChI=1S/C27H26F4N2O4S/c1-38(35,36)33-19-7-8-27(14-19,26(32)34)13-17-9-20(23(30)12-22(17)29)21-10-18(28)11-24(31)25(21)37-15-16-5-3-2-4-6-16/h2-6,9-12,19,33H,7-8,13-15H2,1H3,(H2,32,34)/t19-,27+/m0/s1. The number of primary amides is 1. The van der Waals surface area contributed by atoms with E-state index in [0.717, 1.165) is 18.4 Å². The number of rotatable bonds is 9. The minimum Gasteiger partial charge on any atom is -0.485 e. The first-order valence-corrected chi connectivity index (χ1v) is 13.7. The van der Waals surface area contributed by atoms with Gasteiger partial charge in [0.25, 0.3) is 0 Å². The third-order valence-electron chi connectivity index (χ3n) is 6.70. The second kappa shape index (κ2) is 10.7. The van der Waals surface area contributed by atoms with Gasteiger partial charge in [-0.3, -0.25) is 4.79 Å². The fourth-order valence-corrected chi connectivity index (χ4v) is 5.74. The summed E-state index contributed by atoms with van der Waals surface area (Å²) in [6, 6.07) is 11.3. The molecule has 6 nitrogen and oxygen atoms in total. The summed E-state index contributed by atoms with van der Waals surface area (Å²) >= 11 is 0. The van der Waals surface area contributed by atoms with Gasteiger partial charge in [-0.2, -0.15) is 0 Å². The molecule has 0 aliphatic heterocycles. The quantitative estimate of drug-likeness (QED) is 0.381. The van der Waals surface area contributed by atoms with E-state index >= 15 is 4.39 Å². The van der Waals surface area contributed by atoms with Gasteiger partial charge in [-0.1, -0.05) is 30.3 Å². The van der Waals surface area contributed by atoms with Crippen LogP contribution in [0.25, 0.3) is 11.1 Å². The second-order valence-corrected chi connectivity index (χ2v) is 11.4. The summed E-state index contributed by atoms with van der Waals surface area (Å²) in [5.74, 6) is -5.31. The first kappa shape index (κ1) is 27.6. The zero-order valence-electron chi connectivity index (χ0n) is 20.4. The highest BCUT2D eigenvalue weighted by atomic mass is 32.2. The molecular weight excluding hydrogens is 524 g/mol. The van der Waals surface area contributed by atoms with Crippen molar-refractivity contribution in [1.82, 2.24) is 4.72 Å². The molecule has 3 aromatic rings. The molecule has 0 aromatic heterocycles. The van der Waals surface area contributed by atoms with E-state index in [9.17, 15) is 26.4 Å². The Bertz CT molecular complexity index is 1470. The summed E-state index contributed by atoms with van der Waals surface area (Å²) in [4.78, 5) is 12.5. The third kappa shape index (κ3) is 6.16. The number of nitrogens with two attached hydrogens (primary N) is 1. The molecule has 0 heterocycles. The van der Waals surface area contributed by atoms with Crippen LogP contribution in [0, 0.1) is 28.7 Å². The van der Waals surface area contributed by atoms with E-state index in [0.29, 0.717) is 17.7 Å². The van der Waals surface area contributed by atoms with E-state index < -0.39 is 56.4 Å². The van der Waals surface area contributed by atoms with E-state index in [2.05, 4.69) is 4.72 Å². The van der Waals surface area contributed by atoms with Crippen LogP contribution in [0.4, 0.5) is 17.6 Å². The van der Waals surface area contributed by atoms with Gasteiger partial charge in [0.15, 0.2) is 11.6 Å². The van der Waals surface area contributed by atoms with Crippen molar-refractivity contribution in [2.24, 2.45) is 11.1 Å². The van der Waals surface area contributed by atoms with E-state index in [1.165, 1.54) is 0 Å². The molecule has 3 N–H and O–H groups in total. The van der Waals surface area contributed by atoms with Gasteiger partial charge >= 0.3 is 0 Å². The number of sulfonamides is 1. The molecule has 0 unspecified atom stereocenters. The zero-order valence-corrected chi connectivity index (χ0v) is 21.3. The SMILES string of the molecule is CS(=O)(=O)N[C@H]1CC[C@](Cc2cc(-c3cc(F)cc(F)c3OCc3ccccc3)c(F)cc2F)(C(N)=O)C1. The Morgan fingerprint density at radius 2 is 1.74 bits per heavy atom. The molecule has 0 spiro atoms. The molecule has 0 bridgehead atoms. The molecule has 1 aliphatic carbocycles. The van der Waals surface area contributed by atoms with Crippen molar-refractivity contribution in [2.75, 3.05) is 6.26 Å². The summed E-state index contributed by atoms with van der Waals surface area (Å²) in [5, 5.41) is 0. The van der Waals surface area contributed by atoms with Crippen LogP contribution in [0.5, 0.6) is 5.75 Å². The molecule has 1 saturated carbocycles. The lowest BCUT2D eigenvalue weighted by Gasteiger charge is -2.26.